The van der Waals surface area contributed by atoms with Gasteiger partial charge in [-0.3, -0.25) is 4.79 Å². The Kier molecular flexibility index (Phi) is 4.51. The minimum Gasteiger partial charge on any atom is -0.321 e. The molecule has 6 heteroatoms. The van der Waals surface area contributed by atoms with E-state index in [1.54, 1.807) is 18.2 Å². The van der Waals surface area contributed by atoms with E-state index in [1.807, 2.05) is 17.4 Å². The fourth-order valence-corrected chi connectivity index (χ4v) is 4.94. The molecule has 2 N–H and O–H groups in total. The average molecular weight is 373 g/mol. The van der Waals surface area contributed by atoms with Crippen molar-refractivity contribution in [2.24, 2.45) is 5.92 Å². The number of halogens is 1. The minimum absolute atomic E-state index is 0.0000962. The van der Waals surface area contributed by atoms with Gasteiger partial charge >= 0.3 is 0 Å². The van der Waals surface area contributed by atoms with Crippen molar-refractivity contribution in [3.63, 3.8) is 0 Å². The summed E-state index contributed by atoms with van der Waals surface area (Å²) < 4.78 is 0. The van der Waals surface area contributed by atoms with Crippen LogP contribution in [0.1, 0.15) is 34.9 Å². The Morgan fingerprint density at radius 1 is 1.40 bits per heavy atom. The van der Waals surface area contributed by atoms with Crippen LogP contribution in [0.3, 0.4) is 0 Å². The number of nitriles is 1. The van der Waals surface area contributed by atoms with E-state index >= 15 is 0 Å². The summed E-state index contributed by atoms with van der Waals surface area (Å²) in [6.07, 6.45) is 3.61. The zero-order valence-corrected chi connectivity index (χ0v) is 15.3. The highest BCUT2D eigenvalue weighted by atomic mass is 35.5. The Bertz CT molecular complexity index is 853. The van der Waals surface area contributed by atoms with Gasteiger partial charge in [-0.2, -0.15) is 5.26 Å². The lowest BCUT2D eigenvalue weighted by molar-refractivity contribution is -0.928. The highest BCUT2D eigenvalue weighted by molar-refractivity contribution is 7.10. The quantitative estimate of drug-likeness (QED) is 0.867. The second-order valence-corrected chi connectivity index (χ2v) is 8.21. The third kappa shape index (κ3) is 3.43. The number of nitrogens with one attached hydrogen (secondary N) is 2. The van der Waals surface area contributed by atoms with Gasteiger partial charge < -0.3 is 10.2 Å². The molecule has 1 aliphatic heterocycles. The molecule has 2 aliphatic rings. The van der Waals surface area contributed by atoms with Gasteiger partial charge in [0, 0.05) is 28.5 Å². The van der Waals surface area contributed by atoms with Crippen LogP contribution < -0.4 is 10.2 Å². The molecule has 2 atom stereocenters. The molecule has 1 fully saturated rings. The zero-order chi connectivity index (χ0) is 17.4. The second-order valence-electron chi connectivity index (χ2n) is 6.80. The van der Waals surface area contributed by atoms with Gasteiger partial charge in [0.25, 0.3) is 5.91 Å². The predicted octanol–water partition coefficient (Wildman–Crippen LogP) is 2.80. The molecular weight excluding hydrogens is 354 g/mol. The van der Waals surface area contributed by atoms with E-state index in [9.17, 15) is 4.79 Å². The third-order valence-electron chi connectivity index (χ3n) is 5.08. The van der Waals surface area contributed by atoms with Crippen molar-refractivity contribution in [3.8, 4) is 6.07 Å². The summed E-state index contributed by atoms with van der Waals surface area (Å²) in [5.41, 5.74) is 2.52. The van der Waals surface area contributed by atoms with Crippen LogP contribution in [0, 0.1) is 17.2 Å². The number of amides is 1. The standard InChI is InChI=1S/C19H18ClN3OS/c20-16-9-14(4-3-13(16)10-21)22-18(24)11-23-7-5-17-15(6-8-25-17)19(23)12-1-2-12/h3-4,6,8-9,12,19H,1-2,5,7,11H2,(H,22,24)/p+1/t19-/m1/s1. The number of benzene rings is 1. The maximum Gasteiger partial charge on any atom is 0.279 e. The van der Waals surface area contributed by atoms with Gasteiger partial charge in [-0.25, -0.2) is 0 Å². The van der Waals surface area contributed by atoms with Crippen LogP contribution in [0.5, 0.6) is 0 Å². The van der Waals surface area contributed by atoms with Crippen LogP contribution in [-0.2, 0) is 11.2 Å². The summed E-state index contributed by atoms with van der Waals surface area (Å²) in [5, 5.41) is 14.4. The monoisotopic (exact) mass is 372 g/mol. The van der Waals surface area contributed by atoms with Gasteiger partial charge in [0.15, 0.2) is 6.54 Å². The van der Waals surface area contributed by atoms with Crippen LogP contribution in [-0.4, -0.2) is 19.0 Å². The number of hydrogen-bond donors (Lipinski definition) is 2. The van der Waals surface area contributed by atoms with Crippen molar-refractivity contribution >= 4 is 34.5 Å². The van der Waals surface area contributed by atoms with Gasteiger partial charge in [-0.05, 0) is 42.5 Å². The highest BCUT2D eigenvalue weighted by Gasteiger charge is 2.43. The molecule has 1 amide bonds. The molecule has 1 aromatic carbocycles. The smallest absolute Gasteiger partial charge is 0.279 e. The van der Waals surface area contributed by atoms with Gasteiger partial charge in [-0.1, -0.05) is 11.6 Å². The van der Waals surface area contributed by atoms with Crippen LogP contribution >= 0.6 is 22.9 Å². The predicted molar refractivity (Wildman–Crippen MR) is 99.0 cm³/mol. The van der Waals surface area contributed by atoms with Crippen molar-refractivity contribution in [2.75, 3.05) is 18.4 Å². The molecule has 0 bridgehead atoms. The molecule has 2 aromatic rings. The molecule has 1 aromatic heterocycles. The fraction of sp³-hybridized carbons (Fsp3) is 0.368. The molecule has 0 radical (unpaired) electrons. The van der Waals surface area contributed by atoms with Gasteiger partial charge in [0.2, 0.25) is 0 Å². The molecule has 25 heavy (non-hydrogen) atoms. The highest BCUT2D eigenvalue weighted by Crippen LogP contribution is 2.42. The Hall–Kier alpha value is -1.87. The van der Waals surface area contributed by atoms with Crippen molar-refractivity contribution in [2.45, 2.75) is 25.3 Å². The number of nitrogens with zero attached hydrogens (tertiary/aromatic N) is 1. The fourth-order valence-electron chi connectivity index (χ4n) is 3.79. The van der Waals surface area contributed by atoms with Gasteiger partial charge in [0.1, 0.15) is 12.1 Å². The van der Waals surface area contributed by atoms with E-state index in [4.69, 9.17) is 16.9 Å². The first kappa shape index (κ1) is 16.6. The van der Waals surface area contributed by atoms with E-state index in [1.165, 1.54) is 28.2 Å². The van der Waals surface area contributed by atoms with E-state index in [2.05, 4.69) is 16.8 Å². The van der Waals surface area contributed by atoms with E-state index in [-0.39, 0.29) is 5.91 Å². The molecule has 2 heterocycles. The molecule has 0 spiro atoms. The van der Waals surface area contributed by atoms with Crippen LogP contribution in [0.25, 0.3) is 0 Å². The number of carbonyl (C=O) groups is 1. The topological polar surface area (TPSA) is 57.3 Å². The molecule has 1 aliphatic carbocycles. The Morgan fingerprint density at radius 3 is 2.96 bits per heavy atom. The van der Waals surface area contributed by atoms with Gasteiger partial charge in [0.05, 0.1) is 17.1 Å². The van der Waals surface area contributed by atoms with Crippen molar-refractivity contribution < 1.29 is 9.69 Å². The van der Waals surface area contributed by atoms with E-state index in [0.29, 0.717) is 28.9 Å². The molecule has 128 valence electrons. The normalized spacial score (nSPS) is 22.1. The van der Waals surface area contributed by atoms with Crippen molar-refractivity contribution in [1.29, 1.82) is 5.26 Å². The average Bonchev–Trinajstić information content (AvgIpc) is 3.31. The Labute approximate surface area is 156 Å². The van der Waals surface area contributed by atoms with E-state index in [0.717, 1.165) is 18.9 Å². The zero-order valence-electron chi connectivity index (χ0n) is 13.7. The number of rotatable bonds is 4. The summed E-state index contributed by atoms with van der Waals surface area (Å²) in [6.45, 7) is 1.48. The molecule has 4 rings (SSSR count). The number of hydrogen-bond acceptors (Lipinski definition) is 3. The van der Waals surface area contributed by atoms with Crippen LogP contribution in [0.2, 0.25) is 5.02 Å². The Balaban J connectivity index is 1.45. The first-order valence-corrected chi connectivity index (χ1v) is 9.82. The summed E-state index contributed by atoms with van der Waals surface area (Å²) in [6, 6.07) is 9.74. The number of carbonyl (C=O) groups excluding carboxylic acids is 1. The molecule has 4 nitrogen and oxygen atoms in total. The van der Waals surface area contributed by atoms with E-state index < -0.39 is 0 Å². The number of quaternary nitrogens is 1. The number of anilines is 1. The van der Waals surface area contributed by atoms with Gasteiger partial charge in [-0.15, -0.1) is 11.3 Å². The lowest BCUT2D eigenvalue weighted by Crippen LogP contribution is -3.14. The molecule has 1 unspecified atom stereocenters. The lowest BCUT2D eigenvalue weighted by Gasteiger charge is -2.32. The summed E-state index contributed by atoms with van der Waals surface area (Å²) in [5.74, 6) is 0.723. The summed E-state index contributed by atoms with van der Waals surface area (Å²) in [4.78, 5) is 15.4. The first-order chi connectivity index (χ1) is 12.2. The maximum absolute atomic E-state index is 12.5. The van der Waals surface area contributed by atoms with Crippen molar-refractivity contribution in [1.82, 2.24) is 0 Å². The second kappa shape index (κ2) is 6.80. The summed E-state index contributed by atoms with van der Waals surface area (Å²) >= 11 is 7.89. The lowest BCUT2D eigenvalue weighted by atomic mass is 9.96. The number of thiophene rings is 1. The summed E-state index contributed by atoms with van der Waals surface area (Å²) in [7, 11) is 0. The molecule has 1 saturated carbocycles. The third-order valence-corrected chi connectivity index (χ3v) is 6.39. The molecule has 0 saturated heterocycles. The first-order valence-electron chi connectivity index (χ1n) is 8.56. The SMILES string of the molecule is N#Cc1ccc(NC(=O)C[NH+]2CCc3sccc3[C@H]2C2CC2)cc1Cl. The minimum atomic E-state index is 0.0000962. The number of fused-ring (bicyclic) bond motifs is 1. The van der Waals surface area contributed by atoms with Crippen LogP contribution in [0.4, 0.5) is 5.69 Å². The largest absolute Gasteiger partial charge is 0.321 e. The molecular formula is C19H19ClN3OS+. The maximum atomic E-state index is 12.5. The van der Waals surface area contributed by atoms with Crippen molar-refractivity contribution in [3.05, 3.63) is 50.7 Å². The Morgan fingerprint density at radius 2 is 2.24 bits per heavy atom. The van der Waals surface area contributed by atoms with Crippen LogP contribution in [0.15, 0.2) is 29.6 Å².